The SMILES string of the molecule is CCN(C)c1nc(C)nc2c1CN(C(=O)Nc1cc(C(F)(F)F)cc(C(F)(F)F)c1)CC2. The van der Waals surface area contributed by atoms with Gasteiger partial charge in [-0.3, -0.25) is 0 Å². The van der Waals surface area contributed by atoms with E-state index in [-0.39, 0.29) is 19.2 Å². The van der Waals surface area contributed by atoms with E-state index in [1.54, 1.807) is 6.92 Å². The van der Waals surface area contributed by atoms with Gasteiger partial charge in [-0.15, -0.1) is 0 Å². The van der Waals surface area contributed by atoms with Gasteiger partial charge >= 0.3 is 18.4 Å². The van der Waals surface area contributed by atoms with Gasteiger partial charge in [0.05, 0.1) is 23.4 Å². The van der Waals surface area contributed by atoms with Gasteiger partial charge in [-0.25, -0.2) is 14.8 Å². The Morgan fingerprint density at radius 3 is 2.22 bits per heavy atom. The first-order valence-corrected chi connectivity index (χ1v) is 9.72. The number of hydrogen-bond acceptors (Lipinski definition) is 4. The van der Waals surface area contributed by atoms with Gasteiger partial charge in [-0.2, -0.15) is 26.3 Å². The zero-order valence-corrected chi connectivity index (χ0v) is 17.5. The number of anilines is 2. The second-order valence-electron chi connectivity index (χ2n) is 7.43. The molecule has 2 aromatic rings. The maximum absolute atomic E-state index is 13.1. The number of hydrogen-bond donors (Lipinski definition) is 1. The van der Waals surface area contributed by atoms with E-state index in [4.69, 9.17) is 0 Å². The quantitative estimate of drug-likeness (QED) is 0.663. The monoisotopic (exact) mass is 461 g/mol. The molecule has 0 atom stereocenters. The van der Waals surface area contributed by atoms with Gasteiger partial charge < -0.3 is 15.1 Å². The Kier molecular flexibility index (Phi) is 6.25. The molecule has 6 nitrogen and oxygen atoms in total. The Bertz CT molecular complexity index is 989. The van der Waals surface area contributed by atoms with Crippen LogP contribution in [0, 0.1) is 6.92 Å². The third-order valence-electron chi connectivity index (χ3n) is 5.11. The summed E-state index contributed by atoms with van der Waals surface area (Å²) in [7, 11) is 1.82. The maximum atomic E-state index is 13.1. The largest absolute Gasteiger partial charge is 0.416 e. The number of benzene rings is 1. The maximum Gasteiger partial charge on any atom is 0.416 e. The van der Waals surface area contributed by atoms with E-state index in [1.165, 1.54) is 4.90 Å². The van der Waals surface area contributed by atoms with Crippen molar-refractivity contribution in [2.75, 3.05) is 30.4 Å². The molecule has 174 valence electrons. The smallest absolute Gasteiger partial charge is 0.360 e. The molecule has 0 saturated carbocycles. The lowest BCUT2D eigenvalue weighted by molar-refractivity contribution is -0.143. The van der Waals surface area contributed by atoms with Crippen molar-refractivity contribution in [1.82, 2.24) is 14.9 Å². The molecule has 1 aromatic carbocycles. The molecule has 0 fully saturated rings. The number of aromatic nitrogens is 2. The summed E-state index contributed by atoms with van der Waals surface area (Å²) in [6, 6.07) is 0.162. The van der Waals surface area contributed by atoms with E-state index in [9.17, 15) is 31.1 Å². The van der Waals surface area contributed by atoms with Crippen LogP contribution in [0.15, 0.2) is 18.2 Å². The van der Waals surface area contributed by atoms with Crippen molar-refractivity contribution in [3.8, 4) is 0 Å². The first-order valence-electron chi connectivity index (χ1n) is 9.72. The van der Waals surface area contributed by atoms with Crippen LogP contribution in [0.2, 0.25) is 0 Å². The average molecular weight is 461 g/mol. The average Bonchev–Trinajstić information content (AvgIpc) is 2.70. The summed E-state index contributed by atoms with van der Waals surface area (Å²) in [6.07, 6.45) is -9.62. The van der Waals surface area contributed by atoms with Crippen molar-refractivity contribution in [1.29, 1.82) is 0 Å². The molecule has 0 saturated heterocycles. The van der Waals surface area contributed by atoms with E-state index in [0.29, 0.717) is 42.3 Å². The molecule has 0 spiro atoms. The fraction of sp³-hybridized carbons (Fsp3) is 0.450. The van der Waals surface area contributed by atoms with Gasteiger partial charge in [0.1, 0.15) is 11.6 Å². The van der Waals surface area contributed by atoms with Crippen LogP contribution < -0.4 is 10.2 Å². The topological polar surface area (TPSA) is 61.4 Å². The number of fused-ring (bicyclic) bond motifs is 1. The number of urea groups is 1. The first kappa shape index (κ1) is 23.6. The minimum atomic E-state index is -5.00. The van der Waals surface area contributed by atoms with Crippen LogP contribution in [0.25, 0.3) is 0 Å². The summed E-state index contributed by atoms with van der Waals surface area (Å²) >= 11 is 0. The summed E-state index contributed by atoms with van der Waals surface area (Å²) < 4.78 is 78.4. The minimum absolute atomic E-state index is 0.0132. The highest BCUT2D eigenvalue weighted by Crippen LogP contribution is 2.37. The third-order valence-corrected chi connectivity index (χ3v) is 5.11. The van der Waals surface area contributed by atoms with Crippen molar-refractivity contribution in [3.63, 3.8) is 0 Å². The Hall–Kier alpha value is -3.05. The number of nitrogens with one attached hydrogen (secondary N) is 1. The third kappa shape index (κ3) is 5.05. The van der Waals surface area contributed by atoms with Crippen LogP contribution in [0.4, 0.5) is 42.6 Å². The molecule has 1 aliphatic rings. The lowest BCUT2D eigenvalue weighted by Crippen LogP contribution is -2.40. The van der Waals surface area contributed by atoms with Crippen LogP contribution in [0.1, 0.15) is 35.1 Å². The number of aryl methyl sites for hydroxylation is 1. The van der Waals surface area contributed by atoms with Crippen molar-refractivity contribution in [2.24, 2.45) is 0 Å². The predicted octanol–water partition coefficient (Wildman–Crippen LogP) is 4.87. The molecule has 12 heteroatoms. The highest BCUT2D eigenvalue weighted by atomic mass is 19.4. The number of rotatable bonds is 3. The second-order valence-corrected chi connectivity index (χ2v) is 7.43. The lowest BCUT2D eigenvalue weighted by Gasteiger charge is -2.31. The minimum Gasteiger partial charge on any atom is -0.360 e. The summed E-state index contributed by atoms with van der Waals surface area (Å²) in [6.45, 7) is 4.59. The number of amides is 2. The van der Waals surface area contributed by atoms with Crippen LogP contribution >= 0.6 is 0 Å². The van der Waals surface area contributed by atoms with Gasteiger partial charge in [0.25, 0.3) is 0 Å². The molecule has 1 aromatic heterocycles. The molecule has 3 rings (SSSR count). The first-order chi connectivity index (χ1) is 14.8. The molecule has 2 heterocycles. The number of alkyl halides is 6. The van der Waals surface area contributed by atoms with Crippen molar-refractivity contribution < 1.29 is 31.1 Å². The Morgan fingerprint density at radius 2 is 1.69 bits per heavy atom. The van der Waals surface area contributed by atoms with Gasteiger partial charge in [0, 0.05) is 37.8 Å². The zero-order valence-electron chi connectivity index (χ0n) is 17.5. The van der Waals surface area contributed by atoms with Crippen molar-refractivity contribution in [3.05, 3.63) is 46.4 Å². The fourth-order valence-electron chi connectivity index (χ4n) is 3.39. The van der Waals surface area contributed by atoms with E-state index >= 15 is 0 Å². The molecular weight excluding hydrogens is 440 g/mol. The van der Waals surface area contributed by atoms with Gasteiger partial charge in [0.15, 0.2) is 0 Å². The number of nitrogens with zero attached hydrogens (tertiary/aromatic N) is 4. The number of carbonyl (C=O) groups excluding carboxylic acids is 1. The Morgan fingerprint density at radius 1 is 1.09 bits per heavy atom. The summed E-state index contributed by atoms with van der Waals surface area (Å²) in [5.41, 5.74) is -2.13. The Labute approximate surface area is 180 Å². The molecule has 2 amide bonds. The van der Waals surface area contributed by atoms with Crippen LogP contribution in [-0.2, 0) is 25.3 Å². The predicted molar refractivity (Wildman–Crippen MR) is 105 cm³/mol. The number of carbonyl (C=O) groups is 1. The molecule has 0 radical (unpaired) electrons. The van der Waals surface area contributed by atoms with Gasteiger partial charge in [0.2, 0.25) is 0 Å². The second kappa shape index (κ2) is 8.47. The highest BCUT2D eigenvalue weighted by Gasteiger charge is 2.37. The number of halogens is 6. The van der Waals surface area contributed by atoms with Crippen LogP contribution in [-0.4, -0.2) is 41.0 Å². The van der Waals surface area contributed by atoms with Crippen LogP contribution in [0.5, 0.6) is 0 Å². The van der Waals surface area contributed by atoms with E-state index in [2.05, 4.69) is 15.3 Å². The molecular formula is C20H21F6N5O. The van der Waals surface area contributed by atoms with Crippen LogP contribution in [0.3, 0.4) is 0 Å². The van der Waals surface area contributed by atoms with E-state index < -0.39 is 35.2 Å². The van der Waals surface area contributed by atoms with Crippen molar-refractivity contribution in [2.45, 2.75) is 39.2 Å². The highest BCUT2D eigenvalue weighted by molar-refractivity contribution is 5.90. The standard InChI is InChI=1S/C20H21F6N5O/c1-4-30(3)17-15-10-31(6-5-16(15)27-11(2)28-17)18(32)29-14-8-12(19(21,22)23)7-13(9-14)20(24,25)26/h7-9H,4-6,10H2,1-3H3,(H,29,32). The summed E-state index contributed by atoms with van der Waals surface area (Å²) in [5, 5.41) is 2.17. The van der Waals surface area contributed by atoms with Crippen molar-refractivity contribution >= 4 is 17.5 Å². The molecule has 1 N–H and O–H groups in total. The summed E-state index contributed by atoms with van der Waals surface area (Å²) in [5.74, 6) is 1.20. The van der Waals surface area contributed by atoms with E-state index in [1.807, 2.05) is 18.9 Å². The molecule has 0 aliphatic carbocycles. The Balaban J connectivity index is 1.88. The molecule has 1 aliphatic heterocycles. The zero-order chi connectivity index (χ0) is 23.8. The summed E-state index contributed by atoms with van der Waals surface area (Å²) in [4.78, 5) is 24.7. The fourth-order valence-corrected chi connectivity index (χ4v) is 3.39. The van der Waals surface area contributed by atoms with E-state index in [0.717, 1.165) is 5.69 Å². The normalized spacial score (nSPS) is 14.2. The molecule has 0 unspecified atom stereocenters. The van der Waals surface area contributed by atoms with Gasteiger partial charge in [-0.1, -0.05) is 0 Å². The molecule has 32 heavy (non-hydrogen) atoms. The van der Waals surface area contributed by atoms with Gasteiger partial charge in [-0.05, 0) is 32.0 Å². The molecule has 0 bridgehead atoms. The lowest BCUT2D eigenvalue weighted by atomic mass is 10.1.